The number of alkyl halides is 3. The second-order valence-electron chi connectivity index (χ2n) is 2.43. The van der Waals surface area contributed by atoms with Crippen LogP contribution in [-0.2, 0) is 0 Å². The molecule has 0 atom stereocenters. The molecule has 0 unspecified atom stereocenters. The molecule has 0 N–H and O–H groups in total. The molecule has 1 rings (SSSR count). The minimum Gasteiger partial charge on any atom is -0.169 e. The monoisotopic (exact) mass is 170 g/mol. The molecule has 1 aliphatic carbocycles. The molecule has 0 aliphatic heterocycles. The van der Waals surface area contributed by atoms with Crippen molar-refractivity contribution in [2.75, 3.05) is 5.75 Å². The third-order valence-electron chi connectivity index (χ3n) is 1.64. The normalized spacial score (nSPS) is 22.8. The minimum absolute atomic E-state index is 0.314. The molecule has 0 spiro atoms. The van der Waals surface area contributed by atoms with Gasteiger partial charge >= 0.3 is 6.18 Å². The van der Waals surface area contributed by atoms with E-state index in [0.29, 0.717) is 18.6 Å². The predicted molar refractivity (Wildman–Crippen MR) is 36.2 cm³/mol. The molecule has 4 heteroatoms. The van der Waals surface area contributed by atoms with Gasteiger partial charge in [0.1, 0.15) is 4.75 Å². The molecule has 0 aromatic heterocycles. The Labute approximate surface area is 62.2 Å². The molecule has 0 amide bonds. The molecule has 1 fully saturated rings. The third kappa shape index (κ3) is 1.26. The number of rotatable bonds is 2. The van der Waals surface area contributed by atoms with Gasteiger partial charge in [0, 0.05) is 0 Å². The number of thioether (sulfide) groups is 1. The highest BCUT2D eigenvalue weighted by Crippen LogP contribution is 2.58. The van der Waals surface area contributed by atoms with Crippen LogP contribution in [0.25, 0.3) is 0 Å². The Morgan fingerprint density at radius 1 is 1.40 bits per heavy atom. The van der Waals surface area contributed by atoms with Crippen LogP contribution in [-0.4, -0.2) is 16.7 Å². The summed E-state index contributed by atoms with van der Waals surface area (Å²) < 4.78 is 34.8. The van der Waals surface area contributed by atoms with Crippen LogP contribution in [0.3, 0.4) is 0 Å². The van der Waals surface area contributed by atoms with E-state index < -0.39 is 10.9 Å². The molecule has 1 aliphatic rings. The Hall–Kier alpha value is 0.140. The first kappa shape index (κ1) is 8.24. The molecule has 60 valence electrons. The lowest BCUT2D eigenvalue weighted by molar-refractivity contribution is -0.135. The van der Waals surface area contributed by atoms with Crippen molar-refractivity contribution in [3.05, 3.63) is 0 Å². The zero-order valence-electron chi connectivity index (χ0n) is 5.66. The third-order valence-corrected chi connectivity index (χ3v) is 3.12. The van der Waals surface area contributed by atoms with Crippen LogP contribution in [0.5, 0.6) is 0 Å². The predicted octanol–water partition coefficient (Wildman–Crippen LogP) is 2.83. The van der Waals surface area contributed by atoms with Crippen LogP contribution in [0.1, 0.15) is 19.8 Å². The maximum Gasteiger partial charge on any atom is 0.403 e. The second-order valence-corrected chi connectivity index (χ2v) is 4.07. The second kappa shape index (κ2) is 2.32. The zero-order valence-corrected chi connectivity index (χ0v) is 6.48. The molecule has 0 heterocycles. The van der Waals surface area contributed by atoms with Gasteiger partial charge in [-0.2, -0.15) is 13.2 Å². The summed E-state index contributed by atoms with van der Waals surface area (Å²) in [7, 11) is 0. The molecule has 0 nitrogen and oxygen atoms in total. The highest BCUT2D eigenvalue weighted by molar-refractivity contribution is 8.01. The standard InChI is InChI=1S/C6H9F3S/c1-2-10-5(3-4-5)6(7,8)9/h2-4H2,1H3. The Bertz CT molecular complexity index is 125. The number of hydrogen-bond acceptors (Lipinski definition) is 1. The highest BCUT2D eigenvalue weighted by atomic mass is 32.2. The first-order chi connectivity index (χ1) is 4.52. The van der Waals surface area contributed by atoms with Gasteiger partial charge in [-0.05, 0) is 18.6 Å². The summed E-state index contributed by atoms with van der Waals surface area (Å²) >= 11 is 1.03. The first-order valence-electron chi connectivity index (χ1n) is 3.22. The van der Waals surface area contributed by atoms with Gasteiger partial charge in [-0.25, -0.2) is 0 Å². The zero-order chi connectivity index (χ0) is 7.83. The lowest BCUT2D eigenvalue weighted by Gasteiger charge is -2.16. The molecule has 1 saturated carbocycles. The summed E-state index contributed by atoms with van der Waals surface area (Å²) in [5, 5.41) is 0. The molecular formula is C6H9F3S. The summed E-state index contributed by atoms with van der Waals surface area (Å²) in [5.41, 5.74) is 0. The van der Waals surface area contributed by atoms with E-state index in [2.05, 4.69) is 0 Å². The van der Waals surface area contributed by atoms with E-state index in [1.54, 1.807) is 6.92 Å². The molecule has 0 radical (unpaired) electrons. The fourth-order valence-electron chi connectivity index (χ4n) is 0.899. The summed E-state index contributed by atoms with van der Waals surface area (Å²) in [6.45, 7) is 1.76. The SMILES string of the molecule is CCSC1(C(F)(F)F)CC1. The maximum atomic E-state index is 12.1. The first-order valence-corrected chi connectivity index (χ1v) is 4.21. The van der Waals surface area contributed by atoms with Crippen LogP contribution in [0.4, 0.5) is 13.2 Å². The van der Waals surface area contributed by atoms with Crippen molar-refractivity contribution in [1.29, 1.82) is 0 Å². The van der Waals surface area contributed by atoms with E-state index >= 15 is 0 Å². The van der Waals surface area contributed by atoms with Crippen molar-refractivity contribution >= 4 is 11.8 Å². The lowest BCUT2D eigenvalue weighted by Crippen LogP contribution is -2.27. The Balaban J connectivity index is 2.52. The van der Waals surface area contributed by atoms with Gasteiger partial charge in [0.25, 0.3) is 0 Å². The summed E-state index contributed by atoms with van der Waals surface area (Å²) in [6.07, 6.45) is -3.35. The number of halogens is 3. The van der Waals surface area contributed by atoms with Gasteiger partial charge in [0.05, 0.1) is 0 Å². The Morgan fingerprint density at radius 3 is 2.00 bits per heavy atom. The molecular weight excluding hydrogens is 161 g/mol. The van der Waals surface area contributed by atoms with Crippen LogP contribution in [0, 0.1) is 0 Å². The van der Waals surface area contributed by atoms with E-state index in [1.165, 1.54) is 0 Å². The average Bonchev–Trinajstić information content (AvgIpc) is 2.45. The van der Waals surface area contributed by atoms with Gasteiger partial charge in [-0.15, -0.1) is 11.8 Å². The average molecular weight is 170 g/mol. The Morgan fingerprint density at radius 2 is 1.90 bits per heavy atom. The van der Waals surface area contributed by atoms with Crippen LogP contribution in [0.2, 0.25) is 0 Å². The van der Waals surface area contributed by atoms with E-state index in [0.717, 1.165) is 11.8 Å². The van der Waals surface area contributed by atoms with Crippen molar-refractivity contribution in [3.8, 4) is 0 Å². The summed E-state index contributed by atoms with van der Waals surface area (Å²) in [5.74, 6) is 0.555. The highest BCUT2D eigenvalue weighted by Gasteiger charge is 2.63. The molecule has 0 saturated heterocycles. The molecule has 0 aromatic rings. The van der Waals surface area contributed by atoms with Gasteiger partial charge in [-0.3, -0.25) is 0 Å². The van der Waals surface area contributed by atoms with E-state index in [9.17, 15) is 13.2 Å². The van der Waals surface area contributed by atoms with Crippen molar-refractivity contribution in [2.24, 2.45) is 0 Å². The van der Waals surface area contributed by atoms with E-state index in [4.69, 9.17) is 0 Å². The minimum atomic E-state index is -3.98. The van der Waals surface area contributed by atoms with Gasteiger partial charge in [-0.1, -0.05) is 6.92 Å². The maximum absolute atomic E-state index is 12.1. The van der Waals surface area contributed by atoms with Crippen molar-refractivity contribution in [2.45, 2.75) is 30.7 Å². The van der Waals surface area contributed by atoms with E-state index in [-0.39, 0.29) is 0 Å². The summed E-state index contributed by atoms with van der Waals surface area (Å²) in [6, 6.07) is 0. The van der Waals surface area contributed by atoms with Gasteiger partial charge in [0.15, 0.2) is 0 Å². The van der Waals surface area contributed by atoms with Crippen LogP contribution in [0.15, 0.2) is 0 Å². The van der Waals surface area contributed by atoms with Gasteiger partial charge in [0.2, 0.25) is 0 Å². The lowest BCUT2D eigenvalue weighted by atomic mass is 10.4. The topological polar surface area (TPSA) is 0 Å². The largest absolute Gasteiger partial charge is 0.403 e. The van der Waals surface area contributed by atoms with E-state index in [1.807, 2.05) is 0 Å². The quantitative estimate of drug-likeness (QED) is 0.614. The van der Waals surface area contributed by atoms with Crippen molar-refractivity contribution in [3.63, 3.8) is 0 Å². The van der Waals surface area contributed by atoms with Crippen LogP contribution >= 0.6 is 11.8 Å². The molecule has 0 bridgehead atoms. The summed E-state index contributed by atoms with van der Waals surface area (Å²) in [4.78, 5) is 0. The van der Waals surface area contributed by atoms with Crippen LogP contribution < -0.4 is 0 Å². The molecule has 10 heavy (non-hydrogen) atoms. The van der Waals surface area contributed by atoms with Crippen molar-refractivity contribution < 1.29 is 13.2 Å². The fraction of sp³-hybridized carbons (Fsp3) is 1.00. The van der Waals surface area contributed by atoms with Crippen molar-refractivity contribution in [1.82, 2.24) is 0 Å². The molecule has 0 aromatic carbocycles. The van der Waals surface area contributed by atoms with Gasteiger partial charge < -0.3 is 0 Å². The fourth-order valence-corrected chi connectivity index (χ4v) is 2.01. The smallest absolute Gasteiger partial charge is 0.169 e. The Kier molecular flexibility index (Phi) is 1.92. The number of hydrogen-bond donors (Lipinski definition) is 0.